The van der Waals surface area contributed by atoms with E-state index >= 15 is 0 Å². The van der Waals surface area contributed by atoms with Crippen LogP contribution in [0.3, 0.4) is 0 Å². The van der Waals surface area contributed by atoms with Gasteiger partial charge in [0.15, 0.2) is 0 Å². The lowest BCUT2D eigenvalue weighted by Gasteiger charge is -2.47. The molecule has 8 heteroatoms. The summed E-state index contributed by atoms with van der Waals surface area (Å²) in [5.41, 5.74) is -1.09. The van der Waals surface area contributed by atoms with Gasteiger partial charge in [-0.1, -0.05) is 57.2 Å². The van der Waals surface area contributed by atoms with E-state index in [1.165, 1.54) is 0 Å². The van der Waals surface area contributed by atoms with Crippen molar-refractivity contribution in [2.75, 3.05) is 6.54 Å². The molecule has 2 aromatic heterocycles. The number of fused-ring (bicyclic) bond motifs is 2. The first-order chi connectivity index (χ1) is 18.0. The van der Waals surface area contributed by atoms with Crippen LogP contribution in [-0.2, 0) is 0 Å². The van der Waals surface area contributed by atoms with Gasteiger partial charge in [0.1, 0.15) is 22.3 Å². The number of benzene rings is 2. The number of hydrogen-bond acceptors (Lipinski definition) is 6. The van der Waals surface area contributed by atoms with Gasteiger partial charge in [0, 0.05) is 23.4 Å². The lowest BCUT2D eigenvalue weighted by molar-refractivity contribution is 0.0590. The third-order valence-corrected chi connectivity index (χ3v) is 7.23. The Balaban J connectivity index is 1.31. The van der Waals surface area contributed by atoms with Crippen LogP contribution in [0.25, 0.3) is 21.9 Å². The van der Waals surface area contributed by atoms with E-state index in [1.54, 1.807) is 48.5 Å². The highest BCUT2D eigenvalue weighted by Crippen LogP contribution is 2.45. The Kier molecular flexibility index (Phi) is 6.42. The molecule has 8 nitrogen and oxygen atoms in total. The van der Waals surface area contributed by atoms with Crippen molar-refractivity contribution in [3.05, 3.63) is 92.6 Å². The fourth-order valence-corrected chi connectivity index (χ4v) is 5.96. The van der Waals surface area contributed by atoms with Gasteiger partial charge in [-0.05, 0) is 54.4 Å². The minimum Gasteiger partial charge on any atom is -0.422 e. The molecule has 1 aliphatic carbocycles. The van der Waals surface area contributed by atoms with Crippen molar-refractivity contribution in [2.24, 2.45) is 10.8 Å². The average Bonchev–Trinajstić information content (AvgIpc) is 2.85. The summed E-state index contributed by atoms with van der Waals surface area (Å²) in [5, 5.41) is 7.28. The first kappa shape index (κ1) is 25.4. The largest absolute Gasteiger partial charge is 0.422 e. The van der Waals surface area contributed by atoms with Crippen LogP contribution in [0.1, 0.15) is 60.7 Å². The summed E-state index contributed by atoms with van der Waals surface area (Å²) in [6.07, 6.45) is 2.11. The lowest BCUT2D eigenvalue weighted by atomic mass is 9.62. The SMILES string of the molecule is CC1(C)C[C@H](NC(=O)c2cc3ccccc3oc2=O)C[C@@](C)(CNC(=O)c2cc3ccccc3oc2=O)C1. The van der Waals surface area contributed by atoms with E-state index in [0.29, 0.717) is 34.9 Å². The molecule has 5 rings (SSSR count). The second-order valence-electron chi connectivity index (χ2n) is 11.4. The summed E-state index contributed by atoms with van der Waals surface area (Å²) in [6.45, 7) is 6.61. The van der Waals surface area contributed by atoms with Crippen LogP contribution in [0.2, 0.25) is 0 Å². The molecule has 2 aromatic carbocycles. The summed E-state index contributed by atoms with van der Waals surface area (Å²) < 4.78 is 10.6. The zero-order valence-electron chi connectivity index (χ0n) is 21.6. The summed E-state index contributed by atoms with van der Waals surface area (Å²) in [4.78, 5) is 51.0. The number of para-hydroxylation sites is 2. The molecule has 1 aliphatic rings. The van der Waals surface area contributed by atoms with Gasteiger partial charge in [-0.25, -0.2) is 9.59 Å². The van der Waals surface area contributed by atoms with E-state index in [1.807, 2.05) is 12.1 Å². The van der Waals surface area contributed by atoms with Gasteiger partial charge in [-0.2, -0.15) is 0 Å². The Labute approximate surface area is 219 Å². The number of rotatable bonds is 5. The third-order valence-electron chi connectivity index (χ3n) is 7.23. The fraction of sp³-hybridized carbons (Fsp3) is 0.333. The molecule has 0 saturated heterocycles. The Bertz CT molecular complexity index is 1670. The monoisotopic (exact) mass is 514 g/mol. The van der Waals surface area contributed by atoms with Crippen molar-refractivity contribution in [3.63, 3.8) is 0 Å². The summed E-state index contributed by atoms with van der Waals surface area (Å²) >= 11 is 0. The van der Waals surface area contributed by atoms with Crippen molar-refractivity contribution in [1.29, 1.82) is 0 Å². The van der Waals surface area contributed by atoms with E-state index < -0.39 is 23.1 Å². The number of carbonyl (C=O) groups is 2. The van der Waals surface area contributed by atoms with Gasteiger partial charge in [0.25, 0.3) is 11.8 Å². The molecule has 0 radical (unpaired) electrons. The molecular weight excluding hydrogens is 484 g/mol. The number of amides is 2. The molecule has 196 valence electrons. The molecule has 0 aliphatic heterocycles. The van der Waals surface area contributed by atoms with Crippen molar-refractivity contribution in [3.8, 4) is 0 Å². The van der Waals surface area contributed by atoms with Crippen molar-refractivity contribution in [2.45, 2.75) is 46.1 Å². The molecule has 0 unspecified atom stereocenters. The second-order valence-corrected chi connectivity index (χ2v) is 11.4. The highest BCUT2D eigenvalue weighted by molar-refractivity contribution is 5.97. The molecule has 2 amide bonds. The molecule has 0 spiro atoms. The summed E-state index contributed by atoms with van der Waals surface area (Å²) in [7, 11) is 0. The molecule has 1 fully saturated rings. The average molecular weight is 515 g/mol. The first-order valence-electron chi connectivity index (χ1n) is 12.7. The minimum absolute atomic E-state index is 0.0369. The van der Waals surface area contributed by atoms with E-state index in [4.69, 9.17) is 8.83 Å². The maximum atomic E-state index is 13.1. The van der Waals surface area contributed by atoms with Crippen LogP contribution in [0.15, 0.2) is 79.1 Å². The quantitative estimate of drug-likeness (QED) is 0.375. The second kappa shape index (κ2) is 9.59. The standard InChI is InChI=1S/C30H30N2O6/c1-29(2)14-20(32-26(34)22-13-19-9-5-7-11-24(19)38-28(22)36)15-30(3,16-29)17-31-25(33)21-12-18-8-4-6-10-23(18)37-27(21)35/h4-13,20H,14-17H2,1-3H3,(H,31,33)(H,32,34)/t20-,30+/m0/s1. The highest BCUT2D eigenvalue weighted by Gasteiger charge is 2.42. The normalized spacial score (nSPS) is 20.8. The van der Waals surface area contributed by atoms with Crippen LogP contribution < -0.4 is 21.9 Å². The number of carbonyl (C=O) groups excluding carboxylic acids is 2. The smallest absolute Gasteiger partial charge is 0.349 e. The van der Waals surface area contributed by atoms with Crippen molar-refractivity contribution >= 4 is 33.8 Å². The molecule has 1 saturated carbocycles. The van der Waals surface area contributed by atoms with Crippen LogP contribution in [0.5, 0.6) is 0 Å². The Morgan fingerprint density at radius 3 is 1.92 bits per heavy atom. The van der Waals surface area contributed by atoms with E-state index in [9.17, 15) is 19.2 Å². The Morgan fingerprint density at radius 1 is 0.816 bits per heavy atom. The minimum atomic E-state index is -0.685. The topological polar surface area (TPSA) is 119 Å². The number of nitrogens with one attached hydrogen (secondary N) is 2. The van der Waals surface area contributed by atoms with E-state index in [2.05, 4.69) is 31.4 Å². The third kappa shape index (κ3) is 5.25. The van der Waals surface area contributed by atoms with Crippen LogP contribution >= 0.6 is 0 Å². The van der Waals surface area contributed by atoms with E-state index in [0.717, 1.165) is 12.8 Å². The number of hydrogen-bond donors (Lipinski definition) is 2. The lowest BCUT2D eigenvalue weighted by Crippen LogP contribution is -2.51. The van der Waals surface area contributed by atoms with E-state index in [-0.39, 0.29) is 28.0 Å². The molecule has 2 heterocycles. The van der Waals surface area contributed by atoms with Crippen molar-refractivity contribution < 1.29 is 18.4 Å². The van der Waals surface area contributed by atoms with Crippen LogP contribution in [0, 0.1) is 10.8 Å². The summed E-state index contributed by atoms with van der Waals surface area (Å²) in [6, 6.07) is 17.0. The summed E-state index contributed by atoms with van der Waals surface area (Å²) in [5.74, 6) is -0.976. The zero-order chi connectivity index (χ0) is 27.1. The van der Waals surface area contributed by atoms with Gasteiger partial charge in [-0.15, -0.1) is 0 Å². The van der Waals surface area contributed by atoms with Gasteiger partial charge >= 0.3 is 11.3 Å². The Hall–Kier alpha value is -4.20. The maximum absolute atomic E-state index is 13.1. The molecule has 2 N–H and O–H groups in total. The molecule has 38 heavy (non-hydrogen) atoms. The predicted octanol–water partition coefficient (Wildman–Crippen LogP) is 4.64. The van der Waals surface area contributed by atoms with Crippen LogP contribution in [0.4, 0.5) is 0 Å². The van der Waals surface area contributed by atoms with Gasteiger partial charge < -0.3 is 19.5 Å². The molecular formula is C30H30N2O6. The van der Waals surface area contributed by atoms with Gasteiger partial charge in [0.05, 0.1) is 0 Å². The highest BCUT2D eigenvalue weighted by atomic mass is 16.4. The fourth-order valence-electron chi connectivity index (χ4n) is 5.96. The van der Waals surface area contributed by atoms with Gasteiger partial charge in [0.2, 0.25) is 0 Å². The predicted molar refractivity (Wildman–Crippen MR) is 144 cm³/mol. The molecule has 0 bridgehead atoms. The first-order valence-corrected chi connectivity index (χ1v) is 12.7. The Morgan fingerprint density at radius 2 is 1.34 bits per heavy atom. The maximum Gasteiger partial charge on any atom is 0.349 e. The van der Waals surface area contributed by atoms with Gasteiger partial charge in [-0.3, -0.25) is 9.59 Å². The van der Waals surface area contributed by atoms with Crippen molar-refractivity contribution in [1.82, 2.24) is 10.6 Å². The molecule has 2 atom stereocenters. The zero-order valence-corrected chi connectivity index (χ0v) is 21.6. The molecule has 4 aromatic rings. The van der Waals surface area contributed by atoms with Crippen LogP contribution in [-0.4, -0.2) is 24.4 Å².